The third kappa shape index (κ3) is 9.45. The molecule has 0 aliphatic heterocycles. The van der Waals surface area contributed by atoms with Gasteiger partial charge >= 0.3 is 24.2 Å². The average molecular weight is 613 g/mol. The first-order valence-electron chi connectivity index (χ1n) is 13.6. The Hall–Kier alpha value is -5.12. The summed E-state index contributed by atoms with van der Waals surface area (Å²) < 4.78 is 78.5. The highest BCUT2D eigenvalue weighted by Crippen LogP contribution is 2.36. The third-order valence-electron chi connectivity index (χ3n) is 5.43. The van der Waals surface area contributed by atoms with Crippen molar-refractivity contribution in [2.75, 3.05) is 0 Å². The maximum atomic E-state index is 14.7. The normalized spacial score (nSPS) is 10.6. The van der Waals surface area contributed by atoms with Crippen LogP contribution in [0.5, 0.6) is 23.0 Å². The summed E-state index contributed by atoms with van der Waals surface area (Å²) in [6, 6.07) is 17.0. The van der Waals surface area contributed by atoms with Crippen LogP contribution < -0.4 is 18.9 Å². The quantitative estimate of drug-likeness (QED) is 0.0769. The van der Waals surface area contributed by atoms with Crippen LogP contribution in [-0.2, 0) is 21.8 Å². The molecule has 0 N–H and O–H groups in total. The number of halogens is 4. The summed E-state index contributed by atoms with van der Waals surface area (Å²) in [5.41, 5.74) is -0.965. The van der Waals surface area contributed by atoms with Gasteiger partial charge in [0.2, 0.25) is 0 Å². The van der Waals surface area contributed by atoms with Crippen molar-refractivity contribution < 1.29 is 46.1 Å². The van der Waals surface area contributed by atoms with E-state index in [4.69, 9.17) is 18.9 Å². The minimum Gasteiger partial charge on any atom is -0.429 e. The van der Waals surface area contributed by atoms with Crippen molar-refractivity contribution >= 4 is 22.7 Å². The Morgan fingerprint density at radius 1 is 0.545 bits per heavy atom. The molecule has 4 aromatic rings. The van der Waals surface area contributed by atoms with Gasteiger partial charge in [0.15, 0.2) is 0 Å². The highest BCUT2D eigenvalue weighted by atomic mass is 19.3. The number of fused-ring (bicyclic) bond motifs is 1. The number of ether oxygens (including phenoxy) is 4. The fourth-order valence-corrected chi connectivity index (χ4v) is 3.49. The van der Waals surface area contributed by atoms with Gasteiger partial charge in [-0.25, -0.2) is 9.59 Å². The molecule has 0 saturated carbocycles. The summed E-state index contributed by atoms with van der Waals surface area (Å²) in [5, 5.41) is 0.869. The van der Waals surface area contributed by atoms with Crippen molar-refractivity contribution in [1.29, 1.82) is 0 Å². The number of esters is 2. The van der Waals surface area contributed by atoms with Gasteiger partial charge in [-0.1, -0.05) is 53.0 Å². The SMILES string of the molecule is C=CC(=O)Oc1ccc(C(F)(F)Oc2ccc3cc(OC(F)(F)c4ccc(OC(=O)C=C)cc4)ccc3c2)cc1.CC.CC. The van der Waals surface area contributed by atoms with Crippen molar-refractivity contribution in [3.63, 3.8) is 0 Å². The molecule has 0 aromatic heterocycles. The van der Waals surface area contributed by atoms with Crippen molar-refractivity contribution in [2.24, 2.45) is 0 Å². The summed E-state index contributed by atoms with van der Waals surface area (Å²) in [6.07, 6.45) is -5.56. The van der Waals surface area contributed by atoms with Crippen LogP contribution in [0.3, 0.4) is 0 Å². The number of carbonyl (C=O) groups excluding carboxylic acids is 2. The van der Waals surface area contributed by atoms with Gasteiger partial charge in [0, 0.05) is 12.2 Å². The van der Waals surface area contributed by atoms with Gasteiger partial charge in [0.25, 0.3) is 0 Å². The third-order valence-corrected chi connectivity index (χ3v) is 5.43. The van der Waals surface area contributed by atoms with Gasteiger partial charge in [0.05, 0.1) is 11.1 Å². The number of carbonyl (C=O) groups is 2. The zero-order valence-electron chi connectivity index (χ0n) is 24.6. The van der Waals surface area contributed by atoms with E-state index in [1.54, 1.807) is 0 Å². The lowest BCUT2D eigenvalue weighted by atomic mass is 10.1. The molecule has 0 unspecified atom stereocenters. The standard InChI is InChI=1S/C30H20F4O6.2C2H6/c1-3-27(35)37-23-13-7-21(8-14-23)29(31,32)39-25-11-5-20-18-26(12-6-19(20)17-25)40-30(33,34)22-9-15-24(16-10-22)38-28(36)4-2;2*1-2/h3-18H,1-2H2;2*1-2H3. The molecule has 4 aromatic carbocycles. The topological polar surface area (TPSA) is 71.1 Å². The summed E-state index contributed by atoms with van der Waals surface area (Å²) in [4.78, 5) is 22.5. The zero-order chi connectivity index (χ0) is 32.9. The van der Waals surface area contributed by atoms with E-state index in [0.717, 1.165) is 36.4 Å². The predicted molar refractivity (Wildman–Crippen MR) is 160 cm³/mol. The lowest BCUT2D eigenvalue weighted by Crippen LogP contribution is -2.22. The lowest BCUT2D eigenvalue weighted by Gasteiger charge is -2.20. The molecular weight excluding hydrogens is 580 g/mol. The minimum absolute atomic E-state index is 0.0600. The van der Waals surface area contributed by atoms with Gasteiger partial charge in [-0.15, -0.1) is 0 Å². The second-order valence-corrected chi connectivity index (χ2v) is 8.21. The Morgan fingerprint density at radius 2 is 0.841 bits per heavy atom. The molecule has 4 rings (SSSR count). The summed E-state index contributed by atoms with van der Waals surface area (Å²) >= 11 is 0. The van der Waals surface area contributed by atoms with Gasteiger partial charge < -0.3 is 18.9 Å². The summed E-state index contributed by atoms with van der Waals surface area (Å²) in [5.74, 6) is -1.68. The molecule has 0 amide bonds. The van der Waals surface area contributed by atoms with E-state index in [2.05, 4.69) is 13.2 Å². The van der Waals surface area contributed by atoms with Gasteiger partial charge in [-0.2, -0.15) is 17.6 Å². The molecule has 0 aliphatic rings. The monoisotopic (exact) mass is 612 g/mol. The zero-order valence-corrected chi connectivity index (χ0v) is 24.6. The maximum Gasteiger partial charge on any atom is 0.426 e. The first kappa shape index (κ1) is 35.1. The molecule has 0 spiro atoms. The Balaban J connectivity index is 0.00000162. The summed E-state index contributed by atoms with van der Waals surface area (Å²) in [6.45, 7) is 14.5. The van der Waals surface area contributed by atoms with E-state index in [1.165, 1.54) is 60.7 Å². The fraction of sp³-hybridized carbons (Fsp3) is 0.176. The van der Waals surface area contributed by atoms with Crippen LogP contribution in [0.25, 0.3) is 10.8 Å². The average Bonchev–Trinajstić information content (AvgIpc) is 3.03. The van der Waals surface area contributed by atoms with Gasteiger partial charge in [-0.05, 0) is 83.6 Å². The Morgan fingerprint density at radius 3 is 1.14 bits per heavy atom. The molecule has 0 radical (unpaired) electrons. The van der Waals surface area contributed by atoms with Crippen LogP contribution in [0.1, 0.15) is 38.8 Å². The first-order chi connectivity index (χ1) is 21.0. The van der Waals surface area contributed by atoms with E-state index < -0.39 is 35.3 Å². The van der Waals surface area contributed by atoms with Gasteiger partial charge in [-0.3, -0.25) is 0 Å². The lowest BCUT2D eigenvalue weighted by molar-refractivity contribution is -0.186. The number of benzene rings is 4. The van der Waals surface area contributed by atoms with E-state index in [0.29, 0.717) is 10.8 Å². The molecule has 0 fully saturated rings. The van der Waals surface area contributed by atoms with Crippen LogP contribution in [0, 0.1) is 0 Å². The van der Waals surface area contributed by atoms with Crippen molar-refractivity contribution in [3.05, 3.63) is 121 Å². The van der Waals surface area contributed by atoms with Crippen LogP contribution in [0.4, 0.5) is 17.6 Å². The van der Waals surface area contributed by atoms with E-state index in [9.17, 15) is 27.2 Å². The highest BCUT2D eigenvalue weighted by Gasteiger charge is 2.36. The van der Waals surface area contributed by atoms with E-state index >= 15 is 0 Å². The fourth-order valence-electron chi connectivity index (χ4n) is 3.49. The molecule has 0 aliphatic carbocycles. The maximum absolute atomic E-state index is 14.7. The number of alkyl halides is 4. The smallest absolute Gasteiger partial charge is 0.426 e. The number of hydrogen-bond acceptors (Lipinski definition) is 6. The Labute approximate surface area is 253 Å². The Kier molecular flexibility index (Phi) is 12.7. The minimum atomic E-state index is -3.72. The van der Waals surface area contributed by atoms with Crippen molar-refractivity contribution in [1.82, 2.24) is 0 Å². The molecule has 10 heteroatoms. The molecule has 44 heavy (non-hydrogen) atoms. The summed E-state index contributed by atoms with van der Waals surface area (Å²) in [7, 11) is 0. The molecule has 6 nitrogen and oxygen atoms in total. The van der Waals surface area contributed by atoms with Crippen LogP contribution >= 0.6 is 0 Å². The second kappa shape index (κ2) is 15.9. The molecule has 0 atom stereocenters. The number of rotatable bonds is 10. The van der Waals surface area contributed by atoms with Crippen LogP contribution in [-0.4, -0.2) is 11.9 Å². The molecule has 0 heterocycles. The molecule has 0 bridgehead atoms. The van der Waals surface area contributed by atoms with Crippen molar-refractivity contribution in [3.8, 4) is 23.0 Å². The predicted octanol–water partition coefficient (Wildman–Crippen LogP) is 9.33. The first-order valence-corrected chi connectivity index (χ1v) is 13.6. The Bertz CT molecular complexity index is 1450. The second-order valence-electron chi connectivity index (χ2n) is 8.21. The largest absolute Gasteiger partial charge is 0.429 e. The van der Waals surface area contributed by atoms with Gasteiger partial charge in [0.1, 0.15) is 23.0 Å². The number of hydrogen-bond donors (Lipinski definition) is 0. The molecular formula is C34H32F4O6. The van der Waals surface area contributed by atoms with Crippen molar-refractivity contribution in [2.45, 2.75) is 39.9 Å². The van der Waals surface area contributed by atoms with E-state index in [-0.39, 0.29) is 23.0 Å². The van der Waals surface area contributed by atoms with E-state index in [1.807, 2.05) is 27.7 Å². The molecule has 0 saturated heterocycles. The molecule has 232 valence electrons. The van der Waals surface area contributed by atoms with Crippen LogP contribution in [0.15, 0.2) is 110 Å². The highest BCUT2D eigenvalue weighted by molar-refractivity contribution is 5.85. The van der Waals surface area contributed by atoms with Crippen LogP contribution in [0.2, 0.25) is 0 Å².